The van der Waals surface area contributed by atoms with Gasteiger partial charge in [-0.25, -0.2) is 4.98 Å². The first-order valence-corrected chi connectivity index (χ1v) is 8.33. The first kappa shape index (κ1) is 15.6. The van der Waals surface area contributed by atoms with E-state index in [4.69, 9.17) is 9.40 Å². The molecule has 0 radical (unpaired) electrons. The Morgan fingerprint density at radius 2 is 1.92 bits per heavy atom. The van der Waals surface area contributed by atoms with Crippen LogP contribution in [-0.2, 0) is 0 Å². The third kappa shape index (κ3) is 2.62. The summed E-state index contributed by atoms with van der Waals surface area (Å²) in [6.45, 7) is 3.46. The molecule has 2 aliphatic rings. The lowest BCUT2D eigenvalue weighted by molar-refractivity contribution is 0.302. The minimum absolute atomic E-state index is 0.0698. The molecule has 126 valence electrons. The summed E-state index contributed by atoms with van der Waals surface area (Å²) < 4.78 is 6.00. The second-order valence-electron chi connectivity index (χ2n) is 5.94. The van der Waals surface area contributed by atoms with Crippen LogP contribution in [0, 0.1) is 0 Å². The third-order valence-electron chi connectivity index (χ3n) is 4.46. The number of likely N-dealkylation sites (N-methyl/N-ethyl adjacent to an activating group) is 1. The van der Waals surface area contributed by atoms with Crippen LogP contribution in [0.4, 0.5) is 5.69 Å². The molecule has 2 aromatic rings. The van der Waals surface area contributed by atoms with Gasteiger partial charge in [-0.15, -0.1) is 0 Å². The Morgan fingerprint density at radius 1 is 1.12 bits per heavy atom. The van der Waals surface area contributed by atoms with Gasteiger partial charge in [0.1, 0.15) is 11.2 Å². The third-order valence-corrected chi connectivity index (χ3v) is 4.46. The van der Waals surface area contributed by atoms with Crippen LogP contribution in [0.3, 0.4) is 0 Å². The summed E-state index contributed by atoms with van der Waals surface area (Å²) in [6.07, 6.45) is 0. The van der Waals surface area contributed by atoms with Gasteiger partial charge in [-0.05, 0) is 19.1 Å². The van der Waals surface area contributed by atoms with E-state index in [9.17, 15) is 9.90 Å². The van der Waals surface area contributed by atoms with E-state index in [1.54, 1.807) is 6.07 Å². The zero-order chi connectivity index (χ0) is 17.4. The van der Waals surface area contributed by atoms with Crippen LogP contribution in [-0.4, -0.2) is 29.8 Å². The second kappa shape index (κ2) is 6.18. The maximum atomic E-state index is 12.3. The average Bonchev–Trinajstić information content (AvgIpc) is 2.64. The summed E-state index contributed by atoms with van der Waals surface area (Å²) in [4.78, 5) is 19.1. The number of aliphatic hydroxyl groups excluding tert-OH is 1. The largest absolute Gasteiger partial charge is 0.453 e. The van der Waals surface area contributed by atoms with Crippen molar-refractivity contribution in [3.8, 4) is 11.5 Å². The Morgan fingerprint density at radius 3 is 2.68 bits per heavy atom. The SMILES string of the molecule is CCN(CCO)c1ccc2nc3c4ccccc4c(=O)cc-3oc2c1. The lowest BCUT2D eigenvalue weighted by atomic mass is 10.0. The van der Waals surface area contributed by atoms with Crippen molar-refractivity contribution in [2.45, 2.75) is 6.92 Å². The minimum Gasteiger partial charge on any atom is -0.453 e. The van der Waals surface area contributed by atoms with E-state index in [1.165, 1.54) is 6.07 Å². The Bertz CT molecular complexity index is 1090. The zero-order valence-electron chi connectivity index (χ0n) is 13.9. The number of hydrogen-bond acceptors (Lipinski definition) is 5. The van der Waals surface area contributed by atoms with E-state index in [-0.39, 0.29) is 12.0 Å². The summed E-state index contributed by atoms with van der Waals surface area (Å²) in [5.74, 6) is 0.485. The molecule has 0 unspecified atom stereocenters. The van der Waals surface area contributed by atoms with Crippen molar-refractivity contribution in [2.75, 3.05) is 24.6 Å². The summed E-state index contributed by atoms with van der Waals surface area (Å²) in [6, 6.07) is 14.7. The van der Waals surface area contributed by atoms with Crippen LogP contribution < -0.4 is 10.3 Å². The van der Waals surface area contributed by atoms with E-state index in [2.05, 4.69) is 4.90 Å². The number of benzene rings is 3. The van der Waals surface area contributed by atoms with Crippen LogP contribution in [0.5, 0.6) is 0 Å². The zero-order valence-corrected chi connectivity index (χ0v) is 13.9. The van der Waals surface area contributed by atoms with Crippen molar-refractivity contribution in [2.24, 2.45) is 0 Å². The standard InChI is InChI=1S/C20H18N2O3/c1-2-22(9-10-23)13-7-8-16-18(11-13)25-19-12-17(24)14-5-3-4-6-15(14)20(19)21-16/h3-8,11-12,23H,2,9-10H2,1H3. The van der Waals surface area contributed by atoms with Gasteiger partial charge in [0.05, 0.1) is 6.61 Å². The molecule has 1 heterocycles. The van der Waals surface area contributed by atoms with Crippen molar-refractivity contribution in [1.29, 1.82) is 0 Å². The summed E-state index contributed by atoms with van der Waals surface area (Å²) in [5, 5.41) is 10.7. The lowest BCUT2D eigenvalue weighted by Gasteiger charge is -2.22. The minimum atomic E-state index is -0.0698. The quantitative estimate of drug-likeness (QED) is 0.458. The van der Waals surface area contributed by atoms with E-state index >= 15 is 0 Å². The number of anilines is 1. The summed E-state index contributed by atoms with van der Waals surface area (Å²) in [7, 11) is 0. The van der Waals surface area contributed by atoms with Crippen LogP contribution in [0.15, 0.2) is 57.7 Å². The van der Waals surface area contributed by atoms with Gasteiger partial charge in [-0.3, -0.25) is 4.79 Å². The Balaban J connectivity index is 1.96. The molecule has 1 N–H and O–H groups in total. The van der Waals surface area contributed by atoms with E-state index in [0.29, 0.717) is 29.0 Å². The normalized spacial score (nSPS) is 11.4. The van der Waals surface area contributed by atoms with Gasteiger partial charge in [0.25, 0.3) is 0 Å². The van der Waals surface area contributed by atoms with Gasteiger partial charge in [0.2, 0.25) is 0 Å². The first-order valence-electron chi connectivity index (χ1n) is 8.33. The average molecular weight is 334 g/mol. The topological polar surface area (TPSA) is 66.6 Å². The first-order chi connectivity index (χ1) is 12.2. The van der Waals surface area contributed by atoms with Gasteiger partial charge < -0.3 is 14.4 Å². The highest BCUT2D eigenvalue weighted by molar-refractivity contribution is 5.96. The molecule has 5 nitrogen and oxygen atoms in total. The molecule has 25 heavy (non-hydrogen) atoms. The van der Waals surface area contributed by atoms with Crippen LogP contribution in [0.2, 0.25) is 0 Å². The number of nitrogens with zero attached hydrogens (tertiary/aromatic N) is 2. The highest BCUT2D eigenvalue weighted by Crippen LogP contribution is 2.31. The molecular formula is C20H18N2O3. The van der Waals surface area contributed by atoms with Crippen molar-refractivity contribution < 1.29 is 9.52 Å². The molecule has 0 saturated carbocycles. The summed E-state index contributed by atoms with van der Waals surface area (Å²) >= 11 is 0. The van der Waals surface area contributed by atoms with Crippen molar-refractivity contribution in [3.63, 3.8) is 0 Å². The Hall–Kier alpha value is -2.92. The number of aromatic nitrogens is 1. The van der Waals surface area contributed by atoms with Gasteiger partial charge in [-0.1, -0.05) is 24.3 Å². The van der Waals surface area contributed by atoms with Crippen molar-refractivity contribution >= 4 is 27.6 Å². The van der Waals surface area contributed by atoms with Gasteiger partial charge in [-0.2, -0.15) is 0 Å². The molecule has 0 atom stereocenters. The highest BCUT2D eigenvalue weighted by Gasteiger charge is 2.16. The Kier molecular flexibility index (Phi) is 3.86. The van der Waals surface area contributed by atoms with E-state index in [0.717, 1.165) is 23.1 Å². The molecule has 0 amide bonds. The van der Waals surface area contributed by atoms with Crippen LogP contribution >= 0.6 is 0 Å². The maximum Gasteiger partial charge on any atom is 0.190 e. The molecular weight excluding hydrogens is 316 g/mol. The fourth-order valence-corrected chi connectivity index (χ4v) is 3.20. The highest BCUT2D eigenvalue weighted by atomic mass is 16.3. The van der Waals surface area contributed by atoms with Gasteiger partial charge >= 0.3 is 0 Å². The molecule has 2 aromatic carbocycles. The van der Waals surface area contributed by atoms with E-state index in [1.807, 2.05) is 43.3 Å². The number of hydrogen-bond donors (Lipinski definition) is 1. The van der Waals surface area contributed by atoms with Crippen molar-refractivity contribution in [1.82, 2.24) is 4.98 Å². The predicted molar refractivity (Wildman–Crippen MR) is 99.4 cm³/mol. The summed E-state index contributed by atoms with van der Waals surface area (Å²) in [5.41, 5.74) is 2.94. The van der Waals surface area contributed by atoms with E-state index < -0.39 is 0 Å². The van der Waals surface area contributed by atoms with Gasteiger partial charge in [0, 0.05) is 41.7 Å². The maximum absolute atomic E-state index is 12.3. The van der Waals surface area contributed by atoms with Crippen LogP contribution in [0.25, 0.3) is 33.3 Å². The van der Waals surface area contributed by atoms with Crippen LogP contribution in [0.1, 0.15) is 6.92 Å². The molecule has 0 bridgehead atoms. The molecule has 0 saturated heterocycles. The lowest BCUT2D eigenvalue weighted by Crippen LogP contribution is -2.25. The fraction of sp³-hybridized carbons (Fsp3) is 0.200. The van der Waals surface area contributed by atoms with Crippen molar-refractivity contribution in [3.05, 3.63) is 58.8 Å². The number of fused-ring (bicyclic) bond motifs is 4. The smallest absolute Gasteiger partial charge is 0.190 e. The molecule has 0 aromatic heterocycles. The molecule has 0 spiro atoms. The molecule has 0 fully saturated rings. The number of rotatable bonds is 4. The monoisotopic (exact) mass is 334 g/mol. The molecule has 5 heteroatoms. The molecule has 1 aliphatic heterocycles. The Labute approximate surface area is 144 Å². The fourth-order valence-electron chi connectivity index (χ4n) is 3.20. The molecule has 1 aliphatic carbocycles. The predicted octanol–water partition coefficient (Wildman–Crippen LogP) is 3.26. The molecule has 4 rings (SSSR count). The number of aliphatic hydroxyl groups is 1. The van der Waals surface area contributed by atoms with Gasteiger partial charge in [0.15, 0.2) is 16.8 Å². The second-order valence-corrected chi connectivity index (χ2v) is 5.94.